The Labute approximate surface area is 176 Å². The maximum Gasteiger partial charge on any atom is 0.295 e. The zero-order chi connectivity index (χ0) is 21.3. The number of benzene rings is 2. The van der Waals surface area contributed by atoms with Crippen LogP contribution in [0.2, 0.25) is 0 Å². The van der Waals surface area contributed by atoms with Gasteiger partial charge in [0.1, 0.15) is 5.75 Å². The van der Waals surface area contributed by atoms with E-state index in [-0.39, 0.29) is 6.04 Å². The molecule has 2 aromatic carbocycles. The van der Waals surface area contributed by atoms with Crippen LogP contribution >= 0.6 is 0 Å². The summed E-state index contributed by atoms with van der Waals surface area (Å²) in [6, 6.07) is 17.2. The minimum Gasteiger partial charge on any atom is -0.497 e. The fraction of sp³-hybridized carbons (Fsp3) is 0.292. The maximum absolute atomic E-state index is 13.2. The molecule has 0 spiro atoms. The van der Waals surface area contributed by atoms with Crippen LogP contribution in [0.1, 0.15) is 46.2 Å². The van der Waals surface area contributed by atoms with Crippen molar-refractivity contribution in [3.63, 3.8) is 0 Å². The van der Waals surface area contributed by atoms with Crippen LogP contribution in [-0.2, 0) is 4.79 Å². The molecule has 154 valence electrons. The number of Topliss-reactive ketones (excluding diaryl/α,β-unsaturated/α-hetero) is 1. The summed E-state index contributed by atoms with van der Waals surface area (Å²) in [6.07, 6.45) is 1.71. The lowest BCUT2D eigenvalue weighted by molar-refractivity contribution is -0.127. The van der Waals surface area contributed by atoms with Crippen LogP contribution < -0.4 is 4.74 Å². The molecule has 1 aliphatic heterocycles. The molecule has 1 aliphatic rings. The number of aryl methyl sites for hydroxylation is 1. The molecule has 1 amide bonds. The van der Waals surface area contributed by atoms with Gasteiger partial charge in [-0.3, -0.25) is 9.59 Å². The van der Waals surface area contributed by atoms with Gasteiger partial charge in [0.2, 0.25) is 0 Å². The molecule has 4 rings (SSSR count). The minimum absolute atomic E-state index is 0.0999. The summed E-state index contributed by atoms with van der Waals surface area (Å²) in [6.45, 7) is 4.18. The van der Waals surface area contributed by atoms with Crippen LogP contribution in [0.3, 0.4) is 0 Å². The summed E-state index contributed by atoms with van der Waals surface area (Å²) >= 11 is 0. The van der Waals surface area contributed by atoms with Crippen LogP contribution in [0.5, 0.6) is 5.75 Å². The van der Waals surface area contributed by atoms with Crippen LogP contribution in [0.25, 0.3) is 5.69 Å². The van der Waals surface area contributed by atoms with Gasteiger partial charge in [0.15, 0.2) is 0 Å². The fourth-order valence-corrected chi connectivity index (χ4v) is 4.21. The number of ketones is 1. The van der Waals surface area contributed by atoms with Gasteiger partial charge in [-0.2, -0.15) is 5.10 Å². The number of rotatable bonds is 5. The first-order valence-corrected chi connectivity index (χ1v) is 10.1. The van der Waals surface area contributed by atoms with E-state index in [1.807, 2.05) is 61.5 Å². The summed E-state index contributed by atoms with van der Waals surface area (Å²) in [5.41, 5.74) is 3.51. The Bertz CT molecular complexity index is 1070. The summed E-state index contributed by atoms with van der Waals surface area (Å²) < 4.78 is 6.95. The second kappa shape index (κ2) is 8.14. The third kappa shape index (κ3) is 3.49. The van der Waals surface area contributed by atoms with Gasteiger partial charge in [-0.05, 0) is 56.5 Å². The first kappa shape index (κ1) is 19.9. The zero-order valence-electron chi connectivity index (χ0n) is 17.5. The number of para-hydroxylation sites is 1. The van der Waals surface area contributed by atoms with Crippen molar-refractivity contribution in [2.45, 2.75) is 32.7 Å². The largest absolute Gasteiger partial charge is 0.497 e. The van der Waals surface area contributed by atoms with Crippen molar-refractivity contribution in [3.05, 3.63) is 77.1 Å². The van der Waals surface area contributed by atoms with Crippen LogP contribution in [0.15, 0.2) is 54.6 Å². The molecular weight excluding hydrogens is 378 g/mol. The highest BCUT2D eigenvalue weighted by Crippen LogP contribution is 2.33. The van der Waals surface area contributed by atoms with Crippen LogP contribution in [0, 0.1) is 13.8 Å². The average Bonchev–Trinajstić information content (AvgIpc) is 3.38. The molecule has 0 radical (unpaired) electrons. The number of carbonyl (C=O) groups is 2. The van der Waals surface area contributed by atoms with Crippen molar-refractivity contribution in [2.75, 3.05) is 13.7 Å². The molecule has 1 atom stereocenters. The Balaban J connectivity index is 1.62. The average molecular weight is 403 g/mol. The van der Waals surface area contributed by atoms with Crippen LogP contribution in [-0.4, -0.2) is 40.0 Å². The molecule has 0 unspecified atom stereocenters. The molecule has 3 aromatic rings. The Morgan fingerprint density at radius 1 is 1.03 bits per heavy atom. The van der Waals surface area contributed by atoms with Crippen molar-refractivity contribution in [3.8, 4) is 11.4 Å². The lowest BCUT2D eigenvalue weighted by Crippen LogP contribution is -2.36. The highest BCUT2D eigenvalue weighted by molar-refractivity contribution is 6.43. The van der Waals surface area contributed by atoms with E-state index in [4.69, 9.17) is 4.74 Å². The van der Waals surface area contributed by atoms with E-state index in [1.54, 1.807) is 23.6 Å². The van der Waals surface area contributed by atoms with Crippen molar-refractivity contribution in [2.24, 2.45) is 0 Å². The van der Waals surface area contributed by atoms with Gasteiger partial charge in [0.05, 0.1) is 35.8 Å². The second-order valence-electron chi connectivity index (χ2n) is 7.55. The highest BCUT2D eigenvalue weighted by atomic mass is 16.5. The van der Waals surface area contributed by atoms with E-state index >= 15 is 0 Å². The molecule has 2 heterocycles. The monoisotopic (exact) mass is 403 g/mol. The topological polar surface area (TPSA) is 64.4 Å². The zero-order valence-corrected chi connectivity index (χ0v) is 17.5. The number of aromatic nitrogens is 2. The van der Waals surface area contributed by atoms with E-state index in [0.717, 1.165) is 29.8 Å². The standard InChI is InChI=1S/C24H25N3O3/c1-16-22(17(2)27(25-16)19-8-5-4-6-9-19)23(28)24(29)26-15-7-10-21(26)18-11-13-20(30-3)14-12-18/h4-6,8-9,11-14,21H,7,10,15H2,1-3H3/t21-/m0/s1. The number of hydrogen-bond acceptors (Lipinski definition) is 4. The Morgan fingerprint density at radius 3 is 2.40 bits per heavy atom. The van der Waals surface area contributed by atoms with Gasteiger partial charge in [-0.1, -0.05) is 30.3 Å². The lowest BCUT2D eigenvalue weighted by Gasteiger charge is -2.24. The van der Waals surface area contributed by atoms with E-state index < -0.39 is 11.7 Å². The van der Waals surface area contributed by atoms with Gasteiger partial charge < -0.3 is 9.64 Å². The smallest absolute Gasteiger partial charge is 0.295 e. The third-order valence-electron chi connectivity index (χ3n) is 5.73. The van der Waals surface area contributed by atoms with E-state index in [2.05, 4.69) is 5.10 Å². The summed E-state index contributed by atoms with van der Waals surface area (Å²) in [5, 5.41) is 4.52. The third-order valence-corrected chi connectivity index (χ3v) is 5.73. The fourth-order valence-electron chi connectivity index (χ4n) is 4.21. The second-order valence-corrected chi connectivity index (χ2v) is 7.55. The number of nitrogens with zero attached hydrogens (tertiary/aromatic N) is 3. The Morgan fingerprint density at radius 2 is 1.73 bits per heavy atom. The number of hydrogen-bond donors (Lipinski definition) is 0. The van der Waals surface area contributed by atoms with Gasteiger partial charge in [-0.15, -0.1) is 0 Å². The Hall–Kier alpha value is -3.41. The van der Waals surface area contributed by atoms with E-state index in [0.29, 0.717) is 23.5 Å². The van der Waals surface area contributed by atoms with Gasteiger partial charge in [0.25, 0.3) is 11.7 Å². The van der Waals surface area contributed by atoms with Crippen molar-refractivity contribution in [1.29, 1.82) is 0 Å². The quantitative estimate of drug-likeness (QED) is 0.476. The normalized spacial score (nSPS) is 16.0. The molecule has 6 nitrogen and oxygen atoms in total. The van der Waals surface area contributed by atoms with E-state index in [9.17, 15) is 9.59 Å². The van der Waals surface area contributed by atoms with Crippen molar-refractivity contribution >= 4 is 11.7 Å². The maximum atomic E-state index is 13.2. The summed E-state index contributed by atoms with van der Waals surface area (Å²) in [4.78, 5) is 28.1. The lowest BCUT2D eigenvalue weighted by atomic mass is 10.0. The van der Waals surface area contributed by atoms with Crippen molar-refractivity contribution in [1.82, 2.24) is 14.7 Å². The first-order chi connectivity index (χ1) is 14.5. The molecule has 1 fully saturated rings. The summed E-state index contributed by atoms with van der Waals surface area (Å²) in [5.74, 6) is -0.190. The minimum atomic E-state index is -0.493. The predicted molar refractivity (Wildman–Crippen MR) is 114 cm³/mol. The molecule has 0 saturated carbocycles. The molecular formula is C24H25N3O3. The number of ether oxygens (including phenoxy) is 1. The molecule has 1 aromatic heterocycles. The van der Waals surface area contributed by atoms with Gasteiger partial charge >= 0.3 is 0 Å². The molecule has 0 N–H and O–H groups in total. The first-order valence-electron chi connectivity index (χ1n) is 10.1. The highest BCUT2D eigenvalue weighted by Gasteiger charge is 2.36. The molecule has 0 aliphatic carbocycles. The molecule has 0 bridgehead atoms. The Kier molecular flexibility index (Phi) is 5.40. The summed E-state index contributed by atoms with van der Waals surface area (Å²) in [7, 11) is 1.62. The van der Waals surface area contributed by atoms with Crippen molar-refractivity contribution < 1.29 is 14.3 Å². The van der Waals surface area contributed by atoms with E-state index in [1.165, 1.54) is 0 Å². The van der Waals surface area contributed by atoms with Gasteiger partial charge in [0, 0.05) is 6.54 Å². The molecule has 1 saturated heterocycles. The SMILES string of the molecule is COc1ccc([C@@H]2CCCN2C(=O)C(=O)c2c(C)nn(-c3ccccc3)c2C)cc1. The number of amides is 1. The molecule has 30 heavy (non-hydrogen) atoms. The molecule has 6 heteroatoms. The number of methoxy groups -OCH3 is 1. The van der Waals surface area contributed by atoms with Gasteiger partial charge in [-0.25, -0.2) is 4.68 Å². The number of likely N-dealkylation sites (tertiary alicyclic amines) is 1. The number of carbonyl (C=O) groups excluding carboxylic acids is 2. The van der Waals surface area contributed by atoms with Crippen LogP contribution in [0.4, 0.5) is 0 Å². The predicted octanol–water partition coefficient (Wildman–Crippen LogP) is 4.04.